The molecule has 0 saturated heterocycles. The molecule has 0 heterocycles. The quantitative estimate of drug-likeness (QED) is 0.0524. The molecule has 0 aliphatic heterocycles. The molecule has 1 N–H and O–H groups in total. The van der Waals surface area contributed by atoms with Crippen molar-refractivity contribution >= 4 is 5.91 Å². The molecule has 0 bridgehead atoms. The number of nitrogens with one attached hydrogen (secondary N) is 1. The largest absolute Gasteiger partial charge is 0.353 e. The van der Waals surface area contributed by atoms with E-state index in [9.17, 15) is 4.79 Å². The van der Waals surface area contributed by atoms with Gasteiger partial charge in [-0.1, -0.05) is 184 Å². The Morgan fingerprint density at radius 2 is 0.918 bits per heavy atom. The van der Waals surface area contributed by atoms with E-state index < -0.39 is 0 Å². The molecule has 0 aromatic rings. The van der Waals surface area contributed by atoms with Gasteiger partial charge in [-0.3, -0.25) is 4.79 Å². The predicted molar refractivity (Wildman–Crippen MR) is 220 cm³/mol. The van der Waals surface area contributed by atoms with Gasteiger partial charge in [-0.25, -0.2) is 0 Å². The summed E-state index contributed by atoms with van der Waals surface area (Å²) in [4.78, 5) is 12.9. The van der Waals surface area contributed by atoms with E-state index in [4.69, 9.17) is 0 Å². The Labute approximate surface area is 307 Å². The topological polar surface area (TPSA) is 29.1 Å². The number of allylic oxidation sites excluding steroid dienone is 8. The number of amides is 1. The summed E-state index contributed by atoms with van der Waals surface area (Å²) in [5, 5.41) is 3.50. The van der Waals surface area contributed by atoms with Gasteiger partial charge in [0.1, 0.15) is 0 Å². The molecule has 0 atom stereocenters. The summed E-state index contributed by atoms with van der Waals surface area (Å²) >= 11 is 0. The second kappa shape index (κ2) is 37.7. The molecule has 0 aromatic heterocycles. The fraction of sp³-hybridized carbons (Fsp3) is 0.809. The van der Waals surface area contributed by atoms with Gasteiger partial charge in [-0.05, 0) is 95.8 Å². The van der Waals surface area contributed by atoms with Crippen molar-refractivity contribution in [2.75, 3.05) is 0 Å². The molecule has 2 heteroatoms. The van der Waals surface area contributed by atoms with Crippen LogP contribution in [0, 0.1) is 5.92 Å². The third kappa shape index (κ3) is 33.3. The van der Waals surface area contributed by atoms with Crippen molar-refractivity contribution in [2.45, 2.75) is 238 Å². The summed E-state index contributed by atoms with van der Waals surface area (Å²) in [6, 6.07) is 0.388. The zero-order valence-electron chi connectivity index (χ0n) is 33.2. The van der Waals surface area contributed by atoms with Crippen LogP contribution in [0.25, 0.3) is 0 Å². The van der Waals surface area contributed by atoms with Crippen molar-refractivity contribution in [1.82, 2.24) is 5.32 Å². The number of rotatable bonds is 35. The van der Waals surface area contributed by atoms with Crippen LogP contribution in [0.2, 0.25) is 0 Å². The molecule has 0 unspecified atom stereocenters. The zero-order chi connectivity index (χ0) is 35.1. The smallest absolute Gasteiger partial charge is 0.220 e. The maximum Gasteiger partial charge on any atom is 0.220 e. The van der Waals surface area contributed by atoms with Crippen molar-refractivity contribution < 1.29 is 4.79 Å². The Balaban J connectivity index is 2.17. The van der Waals surface area contributed by atoms with Crippen molar-refractivity contribution in [3.63, 3.8) is 0 Å². The summed E-state index contributed by atoms with van der Waals surface area (Å²) in [6.45, 7) is 4.54. The first-order valence-corrected chi connectivity index (χ1v) is 22.2. The first-order chi connectivity index (χ1) is 24.3. The lowest BCUT2D eigenvalue weighted by atomic mass is 9.86. The summed E-state index contributed by atoms with van der Waals surface area (Å²) in [7, 11) is 0. The molecule has 1 amide bonds. The second-order valence-electron chi connectivity index (χ2n) is 15.4. The van der Waals surface area contributed by atoms with E-state index in [1.165, 1.54) is 193 Å². The van der Waals surface area contributed by atoms with Crippen LogP contribution in [-0.4, -0.2) is 11.9 Å². The van der Waals surface area contributed by atoms with Crippen molar-refractivity contribution in [2.24, 2.45) is 5.92 Å². The lowest BCUT2D eigenvalue weighted by molar-refractivity contribution is -0.122. The highest BCUT2D eigenvalue weighted by atomic mass is 16.1. The standard InChI is InChI=1S/C47H85NO/c1-3-5-7-9-11-13-15-17-19-21-23-25-27-29-31-36-42-46(48-47(49)44-38-41-45-39-34-33-35-40-45)43-37-32-30-28-26-24-22-20-18-16-14-12-10-8-6-4-2/h11-14,17-20,45-46H,3-10,15-16,21-44H2,1-2H3,(H,48,49)/b13-11-,14-12-,19-17-,20-18-. The first kappa shape index (κ1) is 45.5. The van der Waals surface area contributed by atoms with Crippen LogP contribution < -0.4 is 5.32 Å². The molecule has 2 nitrogen and oxygen atoms in total. The molecule has 1 saturated carbocycles. The maximum absolute atomic E-state index is 12.9. The fourth-order valence-electron chi connectivity index (χ4n) is 7.37. The molecule has 0 spiro atoms. The lowest BCUT2D eigenvalue weighted by Crippen LogP contribution is -2.34. The SMILES string of the molecule is CCCCC/C=C\C/C=C\CCCCCCCCC(CCCCCCCC/C=C\C/C=C\CCCCC)NC(=O)CCCC1CCCCC1. The Hall–Kier alpha value is -1.57. The third-order valence-corrected chi connectivity index (χ3v) is 10.6. The van der Waals surface area contributed by atoms with Gasteiger partial charge in [0.15, 0.2) is 0 Å². The van der Waals surface area contributed by atoms with Gasteiger partial charge in [0.05, 0.1) is 0 Å². The Kier molecular flexibility index (Phi) is 35.0. The molecule has 1 aliphatic carbocycles. The minimum absolute atomic E-state index is 0.320. The average Bonchev–Trinajstić information content (AvgIpc) is 3.11. The van der Waals surface area contributed by atoms with Crippen LogP contribution in [-0.2, 0) is 4.79 Å². The monoisotopic (exact) mass is 680 g/mol. The van der Waals surface area contributed by atoms with Crippen molar-refractivity contribution in [3.8, 4) is 0 Å². The fourth-order valence-corrected chi connectivity index (χ4v) is 7.37. The Morgan fingerprint density at radius 1 is 0.510 bits per heavy atom. The van der Waals surface area contributed by atoms with Crippen LogP contribution in [0.5, 0.6) is 0 Å². The van der Waals surface area contributed by atoms with Crippen LogP contribution in [0.3, 0.4) is 0 Å². The van der Waals surface area contributed by atoms with E-state index >= 15 is 0 Å². The minimum atomic E-state index is 0.320. The second-order valence-corrected chi connectivity index (χ2v) is 15.4. The van der Waals surface area contributed by atoms with Crippen LogP contribution in [0.15, 0.2) is 48.6 Å². The number of carbonyl (C=O) groups is 1. The molecule has 0 radical (unpaired) electrons. The highest BCUT2D eigenvalue weighted by Crippen LogP contribution is 2.27. The molecule has 1 rings (SSSR count). The van der Waals surface area contributed by atoms with E-state index in [2.05, 4.69) is 67.8 Å². The first-order valence-electron chi connectivity index (χ1n) is 22.2. The van der Waals surface area contributed by atoms with Gasteiger partial charge in [0.2, 0.25) is 5.91 Å². The molecule has 49 heavy (non-hydrogen) atoms. The van der Waals surface area contributed by atoms with Gasteiger partial charge in [0, 0.05) is 12.5 Å². The number of hydrogen-bond donors (Lipinski definition) is 1. The highest BCUT2D eigenvalue weighted by molar-refractivity contribution is 5.76. The van der Waals surface area contributed by atoms with Gasteiger partial charge in [-0.15, -0.1) is 0 Å². The van der Waals surface area contributed by atoms with Gasteiger partial charge in [-0.2, -0.15) is 0 Å². The van der Waals surface area contributed by atoms with Gasteiger partial charge < -0.3 is 5.32 Å². The van der Waals surface area contributed by atoms with Crippen LogP contribution in [0.1, 0.15) is 232 Å². The molecule has 0 aromatic carbocycles. The van der Waals surface area contributed by atoms with Crippen molar-refractivity contribution in [3.05, 3.63) is 48.6 Å². The predicted octanol–water partition coefficient (Wildman–Crippen LogP) is 15.6. The molecule has 1 aliphatic rings. The normalized spacial score (nSPS) is 14.5. The summed E-state index contributed by atoms with van der Waals surface area (Å²) in [6.07, 6.45) is 62.3. The van der Waals surface area contributed by atoms with Gasteiger partial charge >= 0.3 is 0 Å². The van der Waals surface area contributed by atoms with E-state index in [1.54, 1.807) is 0 Å². The van der Waals surface area contributed by atoms with E-state index in [1.807, 2.05) is 0 Å². The van der Waals surface area contributed by atoms with Crippen LogP contribution in [0.4, 0.5) is 0 Å². The minimum Gasteiger partial charge on any atom is -0.353 e. The molecular weight excluding hydrogens is 595 g/mol. The Bertz CT molecular complexity index is 753. The third-order valence-electron chi connectivity index (χ3n) is 10.6. The summed E-state index contributed by atoms with van der Waals surface area (Å²) < 4.78 is 0. The lowest BCUT2D eigenvalue weighted by Gasteiger charge is -2.22. The number of unbranched alkanes of at least 4 members (excludes halogenated alkanes) is 18. The zero-order valence-corrected chi connectivity index (χ0v) is 33.2. The summed E-state index contributed by atoms with van der Waals surface area (Å²) in [5.41, 5.74) is 0. The Morgan fingerprint density at radius 3 is 1.37 bits per heavy atom. The van der Waals surface area contributed by atoms with E-state index in [0.29, 0.717) is 11.9 Å². The highest BCUT2D eigenvalue weighted by Gasteiger charge is 2.15. The van der Waals surface area contributed by atoms with Gasteiger partial charge in [0.25, 0.3) is 0 Å². The number of carbonyl (C=O) groups excluding carboxylic acids is 1. The molecular formula is C47H85NO. The average molecular weight is 680 g/mol. The number of hydrogen-bond acceptors (Lipinski definition) is 1. The molecule has 1 fully saturated rings. The van der Waals surface area contributed by atoms with Crippen LogP contribution >= 0.6 is 0 Å². The molecule has 284 valence electrons. The van der Waals surface area contributed by atoms with E-state index in [0.717, 1.165) is 31.6 Å². The summed E-state index contributed by atoms with van der Waals surface area (Å²) in [5.74, 6) is 1.20. The van der Waals surface area contributed by atoms with Crippen molar-refractivity contribution in [1.29, 1.82) is 0 Å². The van der Waals surface area contributed by atoms with E-state index in [-0.39, 0.29) is 0 Å². The maximum atomic E-state index is 12.9.